The van der Waals surface area contributed by atoms with Gasteiger partial charge in [0, 0.05) is 43.5 Å². The lowest BCUT2D eigenvalue weighted by atomic mass is 9.74. The molecule has 2 atom stereocenters. The summed E-state index contributed by atoms with van der Waals surface area (Å²) in [6.45, 7) is 0.762. The topological polar surface area (TPSA) is 116 Å². The molecule has 1 saturated heterocycles. The lowest BCUT2D eigenvalue weighted by Gasteiger charge is -2.35. The number of thiazole rings is 1. The Morgan fingerprint density at radius 2 is 1.81 bits per heavy atom. The van der Waals surface area contributed by atoms with E-state index >= 15 is 0 Å². The summed E-state index contributed by atoms with van der Waals surface area (Å²) in [7, 11) is -3.04. The van der Waals surface area contributed by atoms with Crippen LogP contribution in [0.15, 0.2) is 42.6 Å². The fourth-order valence-electron chi connectivity index (χ4n) is 5.65. The summed E-state index contributed by atoms with van der Waals surface area (Å²) in [5.74, 6) is -5.52. The van der Waals surface area contributed by atoms with Crippen LogP contribution < -0.4 is 10.2 Å². The van der Waals surface area contributed by atoms with Crippen LogP contribution in [0.2, 0.25) is 0 Å². The van der Waals surface area contributed by atoms with Crippen LogP contribution in [0, 0.1) is 23.1 Å². The first-order chi connectivity index (χ1) is 20.0. The highest BCUT2D eigenvalue weighted by atomic mass is 32.2. The van der Waals surface area contributed by atoms with Gasteiger partial charge in [-0.2, -0.15) is 5.26 Å². The van der Waals surface area contributed by atoms with Gasteiger partial charge in [-0.1, -0.05) is 12.1 Å². The fourth-order valence-corrected chi connectivity index (χ4v) is 7.97. The number of carbonyl (C=O) groups is 1. The first kappa shape index (κ1) is 28.6. The van der Waals surface area contributed by atoms with Crippen molar-refractivity contribution in [3.8, 4) is 27.2 Å². The molecule has 2 saturated carbocycles. The summed E-state index contributed by atoms with van der Waals surface area (Å²) < 4.78 is 67.1. The van der Waals surface area contributed by atoms with Gasteiger partial charge in [-0.3, -0.25) is 9.78 Å². The maximum Gasteiger partial charge on any atom is 0.248 e. The maximum absolute atomic E-state index is 14.9. The Morgan fingerprint density at radius 3 is 2.43 bits per heavy atom. The third-order valence-corrected chi connectivity index (χ3v) is 11.0. The highest BCUT2D eigenvalue weighted by Crippen LogP contribution is 2.50. The number of amides is 1. The zero-order chi connectivity index (χ0) is 29.7. The van der Waals surface area contributed by atoms with Crippen LogP contribution in [-0.4, -0.2) is 60.3 Å². The van der Waals surface area contributed by atoms with Crippen molar-refractivity contribution in [1.29, 1.82) is 5.26 Å². The quantitative estimate of drug-likeness (QED) is 0.418. The molecule has 0 spiro atoms. The summed E-state index contributed by atoms with van der Waals surface area (Å²) in [4.78, 5) is 24.9. The van der Waals surface area contributed by atoms with Crippen LogP contribution >= 0.6 is 11.3 Å². The molecule has 220 valence electrons. The van der Waals surface area contributed by atoms with E-state index < -0.39 is 57.7 Å². The van der Waals surface area contributed by atoms with Gasteiger partial charge in [0.05, 0.1) is 40.0 Å². The minimum atomic E-state index is -3.04. The van der Waals surface area contributed by atoms with Gasteiger partial charge in [0.1, 0.15) is 16.4 Å². The molecular formula is C29H28F3N5O3S2. The molecule has 8 nitrogen and oxygen atoms in total. The molecule has 0 bridgehead atoms. The minimum Gasteiger partial charge on any atom is -0.369 e. The Labute approximate surface area is 245 Å². The molecule has 2 aliphatic carbocycles. The molecule has 0 radical (unpaired) electrons. The van der Waals surface area contributed by atoms with Gasteiger partial charge >= 0.3 is 0 Å². The number of benzene rings is 1. The Morgan fingerprint density at radius 1 is 1.10 bits per heavy atom. The number of pyridine rings is 1. The molecule has 6 rings (SSSR count). The van der Waals surface area contributed by atoms with Crippen LogP contribution in [0.25, 0.3) is 21.1 Å². The van der Waals surface area contributed by atoms with E-state index in [4.69, 9.17) is 4.98 Å². The van der Waals surface area contributed by atoms with Gasteiger partial charge in [0.15, 0.2) is 9.84 Å². The van der Waals surface area contributed by atoms with E-state index in [1.54, 1.807) is 0 Å². The molecule has 42 heavy (non-hydrogen) atoms. The van der Waals surface area contributed by atoms with Gasteiger partial charge in [0.25, 0.3) is 0 Å². The second-order valence-electron chi connectivity index (χ2n) is 11.3. The van der Waals surface area contributed by atoms with Crippen molar-refractivity contribution in [3.63, 3.8) is 0 Å². The summed E-state index contributed by atoms with van der Waals surface area (Å²) >= 11 is 1.23. The van der Waals surface area contributed by atoms with Gasteiger partial charge in [-0.05, 0) is 49.1 Å². The van der Waals surface area contributed by atoms with Crippen molar-refractivity contribution in [2.45, 2.75) is 49.5 Å². The second-order valence-corrected chi connectivity index (χ2v) is 14.6. The zero-order valence-corrected chi connectivity index (χ0v) is 24.2. The van der Waals surface area contributed by atoms with E-state index in [2.05, 4.69) is 16.4 Å². The number of nitriles is 1. The number of hydrogen-bond donors (Lipinski definition) is 1. The highest BCUT2D eigenvalue weighted by molar-refractivity contribution is 7.91. The molecule has 3 fully saturated rings. The van der Waals surface area contributed by atoms with E-state index in [1.807, 2.05) is 29.2 Å². The maximum atomic E-state index is 14.9. The predicted octanol–water partition coefficient (Wildman–Crippen LogP) is 4.94. The van der Waals surface area contributed by atoms with Gasteiger partial charge in [-0.15, -0.1) is 11.3 Å². The average molecular weight is 616 g/mol. The molecule has 1 aromatic carbocycles. The Kier molecular flexibility index (Phi) is 7.25. The van der Waals surface area contributed by atoms with E-state index in [1.165, 1.54) is 23.5 Å². The normalized spacial score (nSPS) is 24.0. The number of rotatable bonds is 6. The van der Waals surface area contributed by atoms with Crippen molar-refractivity contribution < 1.29 is 26.4 Å². The van der Waals surface area contributed by atoms with E-state index in [9.17, 15) is 31.6 Å². The number of hydrogen-bond acceptors (Lipinski definition) is 8. The lowest BCUT2D eigenvalue weighted by Crippen LogP contribution is -2.45. The number of aromatic nitrogens is 2. The van der Waals surface area contributed by atoms with Crippen molar-refractivity contribution in [2.24, 2.45) is 5.92 Å². The van der Waals surface area contributed by atoms with Crippen LogP contribution in [-0.2, 0) is 14.6 Å². The summed E-state index contributed by atoms with van der Waals surface area (Å²) in [5, 5.41) is 12.7. The molecule has 1 aliphatic heterocycles. The van der Waals surface area contributed by atoms with E-state index in [0.717, 1.165) is 11.9 Å². The van der Waals surface area contributed by atoms with Crippen LogP contribution in [0.3, 0.4) is 0 Å². The Bertz CT molecular complexity index is 1630. The van der Waals surface area contributed by atoms with E-state index in [0.29, 0.717) is 52.8 Å². The third kappa shape index (κ3) is 5.87. The highest BCUT2D eigenvalue weighted by Gasteiger charge is 2.50. The molecule has 3 aromatic rings. The first-order valence-corrected chi connectivity index (χ1v) is 16.4. The van der Waals surface area contributed by atoms with Crippen LogP contribution in [0.1, 0.15) is 43.7 Å². The zero-order valence-electron chi connectivity index (χ0n) is 22.5. The van der Waals surface area contributed by atoms with Gasteiger partial charge in [0.2, 0.25) is 11.8 Å². The number of nitrogens with one attached hydrogen (secondary N) is 1. The molecule has 2 aromatic heterocycles. The molecule has 13 heteroatoms. The predicted molar refractivity (Wildman–Crippen MR) is 152 cm³/mol. The Balaban J connectivity index is 1.38. The molecule has 3 aliphatic rings. The monoisotopic (exact) mass is 615 g/mol. The molecule has 1 N–H and O–H groups in total. The summed E-state index contributed by atoms with van der Waals surface area (Å²) in [6.07, 6.45) is 1.06. The van der Waals surface area contributed by atoms with Gasteiger partial charge in [-0.25, -0.2) is 26.6 Å². The average Bonchev–Trinajstić information content (AvgIpc) is 3.59. The van der Waals surface area contributed by atoms with Crippen LogP contribution in [0.4, 0.5) is 18.9 Å². The number of nitrogens with zero attached hydrogens (tertiary/aromatic N) is 4. The lowest BCUT2D eigenvalue weighted by molar-refractivity contribution is -0.131. The number of anilines is 1. The van der Waals surface area contributed by atoms with Crippen molar-refractivity contribution in [1.82, 2.24) is 15.3 Å². The number of sulfone groups is 1. The smallest absolute Gasteiger partial charge is 0.248 e. The molecule has 1 amide bonds. The minimum absolute atomic E-state index is 0.0527. The third-order valence-electron chi connectivity index (χ3n) is 8.28. The number of alkyl halides is 2. The van der Waals surface area contributed by atoms with Gasteiger partial charge < -0.3 is 10.2 Å². The van der Waals surface area contributed by atoms with Crippen molar-refractivity contribution in [2.75, 3.05) is 29.5 Å². The fraction of sp³-hybridized carbons (Fsp3) is 0.448. The van der Waals surface area contributed by atoms with E-state index in [-0.39, 0.29) is 17.9 Å². The number of halogens is 3. The van der Waals surface area contributed by atoms with Crippen molar-refractivity contribution in [3.05, 3.63) is 54.1 Å². The SMILES string of the molecule is N#CC1(NC(=O)[C@@H]2CCC(F)(F)C[C@H]2c2nc(-c3ccc(F)cn3)sc2-c2ccc(N3CCS(=O)(=O)CC3)cc2)CC1. The first-order valence-electron chi connectivity index (χ1n) is 13.8. The van der Waals surface area contributed by atoms with Crippen LogP contribution in [0.5, 0.6) is 0 Å². The standard InChI is InChI=1S/C29H28F3N5O3S2/c30-19-3-6-23(34-16-19)27-35-24(22-15-29(31,32)8-7-21(22)26(38)36-28(17-33)9-10-28)25(41-27)18-1-4-20(5-2-18)37-11-13-42(39,40)14-12-37/h1-6,16,21-22H,7-15H2,(H,36,38)/t21-,22-/m1/s1. The summed E-state index contributed by atoms with van der Waals surface area (Å²) in [5.41, 5.74) is 1.34. The Hall–Kier alpha value is -3.50. The molecule has 3 heterocycles. The molecule has 0 unspecified atom stereocenters. The number of carbonyl (C=O) groups excluding carboxylic acids is 1. The second kappa shape index (κ2) is 10.6. The largest absolute Gasteiger partial charge is 0.369 e. The van der Waals surface area contributed by atoms with Crippen molar-refractivity contribution >= 4 is 32.8 Å². The summed E-state index contributed by atoms with van der Waals surface area (Å²) in [6, 6.07) is 12.2. The molecular weight excluding hydrogens is 587 g/mol.